The van der Waals surface area contributed by atoms with E-state index >= 15 is 0 Å². The Labute approximate surface area is 184 Å². The van der Waals surface area contributed by atoms with E-state index in [0.29, 0.717) is 37.3 Å². The average molecular weight is 485 g/mol. The van der Waals surface area contributed by atoms with Crippen molar-refractivity contribution in [1.29, 1.82) is 0 Å². The largest absolute Gasteiger partial charge is 0.467 e. The third-order valence-corrected chi connectivity index (χ3v) is 5.11. The molecule has 0 bridgehead atoms. The molecular formula is C19H19ClF6N4O2. The Kier molecular flexibility index (Phi) is 7.23. The molecule has 0 spiro atoms. The van der Waals surface area contributed by atoms with Gasteiger partial charge in [0.25, 0.3) is 0 Å². The molecule has 13 heteroatoms. The van der Waals surface area contributed by atoms with Crippen LogP contribution in [0.4, 0.5) is 32.2 Å². The summed E-state index contributed by atoms with van der Waals surface area (Å²) < 4.78 is 82.1. The molecule has 1 aliphatic rings. The van der Waals surface area contributed by atoms with E-state index in [-0.39, 0.29) is 29.7 Å². The topological polar surface area (TPSA) is 52.8 Å². The SMILES string of the molecule is O=C(CN1CCN(c2ncc(C(F)(F)F)cc2Cl)CC1)N(Cc1ccco1)CC(F)(F)F. The molecule has 3 heterocycles. The maximum Gasteiger partial charge on any atom is 0.417 e. The smallest absolute Gasteiger partial charge is 0.417 e. The summed E-state index contributed by atoms with van der Waals surface area (Å²) in [7, 11) is 0. The molecule has 32 heavy (non-hydrogen) atoms. The number of nitrogens with zero attached hydrogens (tertiary/aromatic N) is 4. The highest BCUT2D eigenvalue weighted by molar-refractivity contribution is 6.33. The minimum atomic E-state index is -4.56. The highest BCUT2D eigenvalue weighted by atomic mass is 35.5. The molecule has 1 saturated heterocycles. The third kappa shape index (κ3) is 6.52. The first-order chi connectivity index (χ1) is 14.9. The predicted octanol–water partition coefficient (Wildman–Crippen LogP) is 4.06. The Morgan fingerprint density at radius 2 is 1.84 bits per heavy atom. The summed E-state index contributed by atoms with van der Waals surface area (Å²) in [6, 6.07) is 3.80. The fraction of sp³-hybridized carbons (Fsp3) is 0.474. The third-order valence-electron chi connectivity index (χ3n) is 4.83. The summed E-state index contributed by atoms with van der Waals surface area (Å²) in [5.74, 6) is -0.296. The molecule has 0 aromatic carbocycles. The molecule has 0 unspecified atom stereocenters. The summed E-state index contributed by atoms with van der Waals surface area (Å²) in [5, 5.41) is -0.154. The van der Waals surface area contributed by atoms with Crippen LogP contribution < -0.4 is 4.90 Å². The van der Waals surface area contributed by atoms with E-state index in [1.807, 2.05) is 0 Å². The summed E-state index contributed by atoms with van der Waals surface area (Å²) in [5.41, 5.74) is -0.961. The summed E-state index contributed by atoms with van der Waals surface area (Å²) in [6.45, 7) is -0.769. The molecule has 3 rings (SSSR count). The number of alkyl halides is 6. The Morgan fingerprint density at radius 3 is 2.38 bits per heavy atom. The van der Waals surface area contributed by atoms with Crippen LogP contribution in [0.25, 0.3) is 0 Å². The van der Waals surface area contributed by atoms with E-state index < -0.39 is 30.4 Å². The van der Waals surface area contributed by atoms with Crippen LogP contribution in [0, 0.1) is 0 Å². The standard InChI is InChI=1S/C19H19ClF6N4O2/c20-15-8-13(19(24,25)26)9-27-17(15)29-5-3-28(4-6-29)11-16(31)30(12-18(21,22)23)10-14-2-1-7-32-14/h1-2,7-9H,3-6,10-12H2. The highest BCUT2D eigenvalue weighted by Crippen LogP contribution is 2.33. The number of furan rings is 1. The van der Waals surface area contributed by atoms with Gasteiger partial charge in [-0.2, -0.15) is 26.3 Å². The normalized spacial score (nSPS) is 15.8. The van der Waals surface area contributed by atoms with Crippen LogP contribution >= 0.6 is 11.6 Å². The lowest BCUT2D eigenvalue weighted by molar-refractivity contribution is -0.163. The van der Waals surface area contributed by atoms with Crippen molar-refractivity contribution in [3.8, 4) is 0 Å². The lowest BCUT2D eigenvalue weighted by Gasteiger charge is -2.36. The molecule has 0 aliphatic carbocycles. The molecule has 0 N–H and O–H groups in total. The number of hydrogen-bond acceptors (Lipinski definition) is 5. The highest BCUT2D eigenvalue weighted by Gasteiger charge is 2.35. The first-order valence-corrected chi connectivity index (χ1v) is 9.87. The summed E-state index contributed by atoms with van der Waals surface area (Å²) in [6.07, 6.45) is -7.12. The van der Waals surface area contributed by atoms with Gasteiger partial charge in [-0.3, -0.25) is 9.69 Å². The number of piperazine rings is 1. The zero-order valence-corrected chi connectivity index (χ0v) is 17.3. The van der Waals surface area contributed by atoms with Gasteiger partial charge in [-0.25, -0.2) is 4.98 Å². The Bertz CT molecular complexity index is 912. The molecule has 2 aromatic heterocycles. The van der Waals surface area contributed by atoms with Crippen molar-refractivity contribution < 1.29 is 35.6 Å². The van der Waals surface area contributed by atoms with Crippen molar-refractivity contribution in [3.05, 3.63) is 47.0 Å². The van der Waals surface area contributed by atoms with Crippen LogP contribution in [0.5, 0.6) is 0 Å². The fourth-order valence-electron chi connectivity index (χ4n) is 3.27. The average Bonchev–Trinajstić information content (AvgIpc) is 3.19. The van der Waals surface area contributed by atoms with Crippen LogP contribution in [-0.4, -0.2) is 66.1 Å². The number of aromatic nitrogens is 1. The van der Waals surface area contributed by atoms with Crippen molar-refractivity contribution in [2.24, 2.45) is 0 Å². The van der Waals surface area contributed by atoms with E-state index in [0.717, 1.165) is 6.07 Å². The number of pyridine rings is 1. The van der Waals surface area contributed by atoms with E-state index in [1.165, 1.54) is 18.4 Å². The lowest BCUT2D eigenvalue weighted by atomic mass is 10.2. The second-order valence-corrected chi connectivity index (χ2v) is 7.64. The molecule has 176 valence electrons. The van der Waals surface area contributed by atoms with Crippen LogP contribution in [0.3, 0.4) is 0 Å². The molecule has 0 saturated carbocycles. The van der Waals surface area contributed by atoms with Gasteiger partial charge in [-0.15, -0.1) is 0 Å². The van der Waals surface area contributed by atoms with Gasteiger partial charge in [-0.1, -0.05) is 11.6 Å². The number of carbonyl (C=O) groups excluding carboxylic acids is 1. The minimum Gasteiger partial charge on any atom is -0.467 e. The Balaban J connectivity index is 1.59. The van der Waals surface area contributed by atoms with Gasteiger partial charge in [0.05, 0.1) is 29.9 Å². The van der Waals surface area contributed by atoms with Crippen LogP contribution in [-0.2, 0) is 17.5 Å². The van der Waals surface area contributed by atoms with Gasteiger partial charge >= 0.3 is 12.4 Å². The van der Waals surface area contributed by atoms with Gasteiger partial charge in [-0.05, 0) is 18.2 Å². The van der Waals surface area contributed by atoms with Gasteiger partial charge in [0, 0.05) is 32.4 Å². The zero-order chi connectivity index (χ0) is 23.5. The molecule has 1 amide bonds. The molecule has 1 fully saturated rings. The number of anilines is 1. The quantitative estimate of drug-likeness (QED) is 0.579. The van der Waals surface area contributed by atoms with Gasteiger partial charge in [0.15, 0.2) is 0 Å². The number of halogens is 7. The van der Waals surface area contributed by atoms with Crippen LogP contribution in [0.1, 0.15) is 11.3 Å². The summed E-state index contributed by atoms with van der Waals surface area (Å²) >= 11 is 5.97. The van der Waals surface area contributed by atoms with Crippen LogP contribution in [0.15, 0.2) is 35.1 Å². The van der Waals surface area contributed by atoms with E-state index in [4.69, 9.17) is 16.0 Å². The second-order valence-electron chi connectivity index (χ2n) is 7.23. The molecule has 2 aromatic rings. The monoisotopic (exact) mass is 484 g/mol. The van der Waals surface area contributed by atoms with Crippen molar-refractivity contribution in [3.63, 3.8) is 0 Å². The molecule has 6 nitrogen and oxygen atoms in total. The van der Waals surface area contributed by atoms with E-state index in [2.05, 4.69) is 4.98 Å². The van der Waals surface area contributed by atoms with Crippen molar-refractivity contribution >= 4 is 23.3 Å². The first-order valence-electron chi connectivity index (χ1n) is 9.49. The lowest BCUT2D eigenvalue weighted by Crippen LogP contribution is -2.51. The Morgan fingerprint density at radius 1 is 1.16 bits per heavy atom. The molecule has 0 radical (unpaired) electrons. The van der Waals surface area contributed by atoms with E-state index in [1.54, 1.807) is 9.80 Å². The zero-order valence-electron chi connectivity index (χ0n) is 16.6. The van der Waals surface area contributed by atoms with Gasteiger partial charge in [0.1, 0.15) is 18.1 Å². The molecule has 1 aliphatic heterocycles. The predicted molar refractivity (Wildman–Crippen MR) is 103 cm³/mol. The number of rotatable bonds is 6. The van der Waals surface area contributed by atoms with Crippen molar-refractivity contribution in [2.75, 3.05) is 44.2 Å². The van der Waals surface area contributed by atoms with Gasteiger partial charge in [0.2, 0.25) is 5.91 Å². The van der Waals surface area contributed by atoms with E-state index in [9.17, 15) is 31.1 Å². The molecular weight excluding hydrogens is 466 g/mol. The number of amides is 1. The first kappa shape index (κ1) is 24.2. The maximum absolute atomic E-state index is 12.9. The number of hydrogen-bond donors (Lipinski definition) is 0. The molecule has 0 atom stereocenters. The van der Waals surface area contributed by atoms with Crippen LogP contribution in [0.2, 0.25) is 5.02 Å². The minimum absolute atomic E-state index is 0.154. The summed E-state index contributed by atoms with van der Waals surface area (Å²) in [4.78, 5) is 20.4. The second kappa shape index (κ2) is 9.57. The van der Waals surface area contributed by atoms with Crippen molar-refractivity contribution in [1.82, 2.24) is 14.8 Å². The van der Waals surface area contributed by atoms with Gasteiger partial charge < -0.3 is 14.2 Å². The maximum atomic E-state index is 12.9. The number of carbonyl (C=O) groups is 1. The van der Waals surface area contributed by atoms with Crippen molar-refractivity contribution in [2.45, 2.75) is 18.9 Å². The Hall–Kier alpha value is -2.47. The fourth-order valence-corrected chi connectivity index (χ4v) is 3.55.